The maximum Gasteiger partial charge on any atom is 0.307 e. The van der Waals surface area contributed by atoms with Crippen LogP contribution in [-0.2, 0) is 11.2 Å². The monoisotopic (exact) mass is 497 g/mol. The molecule has 0 bridgehead atoms. The number of ether oxygens (including phenoxy) is 2. The minimum Gasteiger partial charge on any atom is -0.496 e. The summed E-state index contributed by atoms with van der Waals surface area (Å²) in [5.41, 5.74) is 4.32. The number of rotatable bonds is 12. The number of fused-ring (bicyclic) bond motifs is 3. The zero-order valence-electron chi connectivity index (χ0n) is 21.2. The third-order valence-electron chi connectivity index (χ3n) is 6.95. The van der Waals surface area contributed by atoms with E-state index in [1.165, 1.54) is 10.9 Å². The van der Waals surface area contributed by atoms with Crippen LogP contribution in [0.4, 0.5) is 4.39 Å². The number of para-hydroxylation sites is 1. The van der Waals surface area contributed by atoms with E-state index < -0.39 is 11.9 Å². The molecule has 0 amide bonds. The predicted molar refractivity (Wildman–Crippen MR) is 139 cm³/mol. The number of nitrogens with zero attached hydrogens (tertiary/aromatic N) is 1. The molecular weight excluding hydrogens is 461 g/mol. The molecular formula is C28H36FN3O4. The summed E-state index contributed by atoms with van der Waals surface area (Å²) in [6.07, 6.45) is 1.31. The largest absolute Gasteiger partial charge is 0.496 e. The normalized spacial score (nSPS) is 18.7. The van der Waals surface area contributed by atoms with E-state index in [0.29, 0.717) is 38.4 Å². The fourth-order valence-electron chi connectivity index (χ4n) is 5.09. The predicted octanol–water partition coefficient (Wildman–Crippen LogP) is 4.56. The summed E-state index contributed by atoms with van der Waals surface area (Å²) in [5, 5.41) is 14.0. The van der Waals surface area contributed by atoms with E-state index in [0.717, 1.165) is 28.9 Å². The lowest BCUT2D eigenvalue weighted by molar-refractivity contribution is -0.142. The molecule has 8 heteroatoms. The highest BCUT2D eigenvalue weighted by Crippen LogP contribution is 2.44. The van der Waals surface area contributed by atoms with Crippen molar-refractivity contribution in [1.29, 1.82) is 0 Å². The van der Waals surface area contributed by atoms with Crippen LogP contribution in [0.15, 0.2) is 42.5 Å². The van der Waals surface area contributed by atoms with Gasteiger partial charge in [0.2, 0.25) is 0 Å². The number of aromatic nitrogens is 1. The van der Waals surface area contributed by atoms with Crippen LogP contribution >= 0.6 is 0 Å². The number of methoxy groups -OCH3 is 1. The topological polar surface area (TPSA) is 86.8 Å². The maximum atomic E-state index is 12.3. The highest BCUT2D eigenvalue weighted by molar-refractivity contribution is 5.85. The van der Waals surface area contributed by atoms with Crippen molar-refractivity contribution in [1.82, 2.24) is 15.2 Å². The molecule has 7 nitrogen and oxygen atoms in total. The number of hydrogen-bond acceptors (Lipinski definition) is 5. The van der Waals surface area contributed by atoms with Crippen molar-refractivity contribution in [3.63, 3.8) is 0 Å². The van der Waals surface area contributed by atoms with E-state index in [1.54, 1.807) is 14.0 Å². The molecule has 1 aliphatic rings. The molecule has 2 aromatic carbocycles. The van der Waals surface area contributed by atoms with Gasteiger partial charge in [-0.25, -0.2) is 0 Å². The first-order chi connectivity index (χ1) is 17.4. The number of aromatic amines is 1. The number of halogens is 1. The van der Waals surface area contributed by atoms with Crippen LogP contribution in [0.25, 0.3) is 10.9 Å². The summed E-state index contributed by atoms with van der Waals surface area (Å²) in [6.45, 7) is 5.67. The smallest absolute Gasteiger partial charge is 0.307 e. The summed E-state index contributed by atoms with van der Waals surface area (Å²) in [4.78, 5) is 17.7. The first-order valence-electron chi connectivity index (χ1n) is 12.6. The fourth-order valence-corrected chi connectivity index (χ4v) is 5.09. The average molecular weight is 498 g/mol. The Morgan fingerprint density at radius 3 is 2.83 bits per heavy atom. The maximum absolute atomic E-state index is 12.3. The molecule has 3 aromatic rings. The fraction of sp³-hybridized carbons (Fsp3) is 0.464. The molecule has 1 aliphatic heterocycles. The van der Waals surface area contributed by atoms with Gasteiger partial charge >= 0.3 is 5.97 Å². The SMILES string of the molecule is COc1ccc(OCCNCCCF)cc1[C@@H]1c2[nH]c3ccccc3c2C[C@@H](C)N1CC(C)C(=O)O. The van der Waals surface area contributed by atoms with E-state index >= 15 is 0 Å². The Morgan fingerprint density at radius 2 is 2.08 bits per heavy atom. The van der Waals surface area contributed by atoms with Crippen LogP contribution in [0.3, 0.4) is 0 Å². The molecule has 3 atom stereocenters. The number of carbonyl (C=O) groups is 1. The number of aliphatic carboxylic acids is 1. The minimum absolute atomic E-state index is 0.123. The minimum atomic E-state index is -0.812. The molecule has 1 unspecified atom stereocenters. The number of H-pyrrole nitrogens is 1. The number of benzene rings is 2. The highest BCUT2D eigenvalue weighted by atomic mass is 19.1. The van der Waals surface area contributed by atoms with Crippen molar-refractivity contribution in [2.24, 2.45) is 5.92 Å². The lowest BCUT2D eigenvalue weighted by Crippen LogP contribution is -2.45. The summed E-state index contributed by atoms with van der Waals surface area (Å²) >= 11 is 0. The number of carboxylic acids is 1. The zero-order valence-corrected chi connectivity index (χ0v) is 21.2. The number of nitrogens with one attached hydrogen (secondary N) is 2. The van der Waals surface area contributed by atoms with Crippen LogP contribution < -0.4 is 14.8 Å². The van der Waals surface area contributed by atoms with Gasteiger partial charge in [0.1, 0.15) is 18.1 Å². The van der Waals surface area contributed by atoms with Gasteiger partial charge in [0.05, 0.1) is 25.7 Å². The van der Waals surface area contributed by atoms with Crippen LogP contribution in [0, 0.1) is 5.92 Å². The molecule has 1 aromatic heterocycles. The van der Waals surface area contributed by atoms with Gasteiger partial charge < -0.3 is 24.9 Å². The molecule has 36 heavy (non-hydrogen) atoms. The van der Waals surface area contributed by atoms with E-state index in [4.69, 9.17) is 9.47 Å². The van der Waals surface area contributed by atoms with Crippen molar-refractivity contribution < 1.29 is 23.8 Å². The van der Waals surface area contributed by atoms with Crippen LogP contribution in [0.1, 0.15) is 43.1 Å². The van der Waals surface area contributed by atoms with E-state index in [9.17, 15) is 14.3 Å². The van der Waals surface area contributed by atoms with Crippen molar-refractivity contribution in [2.45, 2.75) is 38.8 Å². The molecule has 0 aliphatic carbocycles. The molecule has 194 valence electrons. The van der Waals surface area contributed by atoms with E-state index in [2.05, 4.69) is 34.3 Å². The van der Waals surface area contributed by atoms with Gasteiger partial charge in [-0.3, -0.25) is 14.1 Å². The molecule has 0 radical (unpaired) electrons. The second-order valence-corrected chi connectivity index (χ2v) is 9.50. The Morgan fingerprint density at radius 1 is 1.28 bits per heavy atom. The van der Waals surface area contributed by atoms with Crippen molar-refractivity contribution in [3.8, 4) is 11.5 Å². The van der Waals surface area contributed by atoms with Crippen molar-refractivity contribution >= 4 is 16.9 Å². The lowest BCUT2D eigenvalue weighted by atomic mass is 9.87. The second kappa shape index (κ2) is 11.8. The quantitative estimate of drug-likeness (QED) is 0.318. The first-order valence-corrected chi connectivity index (χ1v) is 12.6. The highest BCUT2D eigenvalue weighted by Gasteiger charge is 2.38. The number of hydrogen-bond donors (Lipinski definition) is 3. The Balaban J connectivity index is 1.72. The Kier molecular flexibility index (Phi) is 8.48. The summed E-state index contributed by atoms with van der Waals surface area (Å²) in [7, 11) is 1.65. The third kappa shape index (κ3) is 5.50. The van der Waals surface area contributed by atoms with E-state index in [-0.39, 0.29) is 18.8 Å². The number of alkyl halides is 1. The Hall–Kier alpha value is -3.10. The average Bonchev–Trinajstić information content (AvgIpc) is 3.24. The van der Waals surface area contributed by atoms with Gasteiger partial charge in [-0.05, 0) is 56.1 Å². The van der Waals surface area contributed by atoms with Crippen molar-refractivity contribution in [3.05, 3.63) is 59.3 Å². The Bertz CT molecular complexity index is 1180. The lowest BCUT2D eigenvalue weighted by Gasteiger charge is -2.42. The number of carboxylic acid groups (broad SMARTS) is 1. The standard InChI is InChI=1S/C28H36FN3O4/c1-18(28(33)34)17-32-19(2)15-22-21-7-4-5-8-24(21)31-26(22)27(32)23-16-20(9-10-25(23)35-3)36-14-13-30-12-6-11-29/h4-5,7-10,16,18-19,27,30-31H,6,11-15,17H2,1-3H3,(H,33,34)/t18?,19-,27-/m1/s1. The zero-order chi connectivity index (χ0) is 25.7. The van der Waals surface area contributed by atoms with E-state index in [1.807, 2.05) is 30.3 Å². The van der Waals surface area contributed by atoms with Gasteiger partial charge in [-0.2, -0.15) is 0 Å². The Labute approximate surface area is 211 Å². The summed E-state index contributed by atoms with van der Waals surface area (Å²) < 4.78 is 24.1. The molecule has 0 saturated heterocycles. The third-order valence-corrected chi connectivity index (χ3v) is 6.95. The molecule has 0 saturated carbocycles. The van der Waals surface area contributed by atoms with Crippen molar-refractivity contribution in [2.75, 3.05) is 40.0 Å². The second-order valence-electron chi connectivity index (χ2n) is 9.50. The first kappa shape index (κ1) is 26.0. The van der Waals surface area contributed by atoms with Gasteiger partial charge in [0.15, 0.2) is 0 Å². The molecule has 2 heterocycles. The van der Waals surface area contributed by atoms with Gasteiger partial charge in [-0.15, -0.1) is 0 Å². The van der Waals surface area contributed by atoms with Crippen LogP contribution in [-0.4, -0.2) is 67.0 Å². The molecule has 4 rings (SSSR count). The molecule has 0 spiro atoms. The van der Waals surface area contributed by atoms with Gasteiger partial charge in [-0.1, -0.05) is 25.1 Å². The van der Waals surface area contributed by atoms with Gasteiger partial charge in [0.25, 0.3) is 0 Å². The summed E-state index contributed by atoms with van der Waals surface area (Å²) in [5.74, 6) is 0.0923. The molecule has 0 fully saturated rings. The van der Waals surface area contributed by atoms with Crippen LogP contribution in [0.5, 0.6) is 11.5 Å². The van der Waals surface area contributed by atoms with Gasteiger partial charge in [0, 0.05) is 41.3 Å². The molecule has 3 N–H and O–H groups in total. The van der Waals surface area contributed by atoms with Crippen LogP contribution in [0.2, 0.25) is 0 Å². The summed E-state index contributed by atoms with van der Waals surface area (Å²) in [6, 6.07) is 14.0.